The fraction of sp³-hybridized carbons (Fsp3) is 0.714. The Balaban J connectivity index is 1.19. The summed E-state index contributed by atoms with van der Waals surface area (Å²) in [4.78, 5) is 26.8. The van der Waals surface area contributed by atoms with Gasteiger partial charge in [-0.2, -0.15) is 0 Å². The molecule has 2 amide bonds. The van der Waals surface area contributed by atoms with Crippen molar-refractivity contribution >= 4 is 11.8 Å². The molecule has 4 bridgehead atoms. The van der Waals surface area contributed by atoms with Crippen LogP contribution in [0.3, 0.4) is 0 Å². The Kier molecular flexibility index (Phi) is 6.85. The van der Waals surface area contributed by atoms with Crippen LogP contribution in [0.1, 0.15) is 76.2 Å². The summed E-state index contributed by atoms with van der Waals surface area (Å²) in [6, 6.07) is 10.1. The molecule has 1 unspecified atom stereocenters. The first-order valence-corrected chi connectivity index (χ1v) is 13.3. The molecule has 32 heavy (non-hydrogen) atoms. The van der Waals surface area contributed by atoms with Gasteiger partial charge in [0, 0.05) is 12.5 Å². The zero-order valence-corrected chi connectivity index (χ0v) is 19.4. The summed E-state index contributed by atoms with van der Waals surface area (Å²) < 4.78 is 0. The number of rotatable bonds is 8. The minimum Gasteiger partial charge on any atom is -0.354 e. The Morgan fingerprint density at radius 2 is 1.53 bits per heavy atom. The number of hydrogen-bond donors (Lipinski definition) is 2. The van der Waals surface area contributed by atoms with Gasteiger partial charge >= 0.3 is 0 Å². The summed E-state index contributed by atoms with van der Waals surface area (Å²) in [6.07, 6.45) is 14.0. The Labute approximate surface area is 193 Å². The molecule has 0 saturated heterocycles. The van der Waals surface area contributed by atoms with Crippen LogP contribution in [0.25, 0.3) is 0 Å². The second-order valence-corrected chi connectivity index (χ2v) is 11.2. The lowest BCUT2D eigenvalue weighted by Crippen LogP contribution is -2.57. The number of hydrogen-bond acceptors (Lipinski definition) is 2. The second kappa shape index (κ2) is 9.97. The van der Waals surface area contributed by atoms with Gasteiger partial charge in [-0.25, -0.2) is 0 Å². The lowest BCUT2D eigenvalue weighted by molar-refractivity contribution is -0.142. The first kappa shape index (κ1) is 22.0. The minimum absolute atomic E-state index is 0.0436. The van der Waals surface area contributed by atoms with Crippen LogP contribution in [0, 0.1) is 35.5 Å². The highest BCUT2D eigenvalue weighted by atomic mass is 16.2. The molecule has 2 N–H and O–H groups in total. The highest BCUT2D eigenvalue weighted by Crippen LogP contribution is 2.56. The average Bonchev–Trinajstić information content (AvgIpc) is 2.81. The number of aryl methyl sites for hydroxylation is 1. The second-order valence-electron chi connectivity index (χ2n) is 11.2. The largest absolute Gasteiger partial charge is 0.354 e. The zero-order chi connectivity index (χ0) is 21.9. The molecule has 5 fully saturated rings. The Hall–Kier alpha value is -1.84. The van der Waals surface area contributed by atoms with E-state index in [9.17, 15) is 9.59 Å². The van der Waals surface area contributed by atoms with Crippen molar-refractivity contribution in [2.24, 2.45) is 35.5 Å². The zero-order valence-electron chi connectivity index (χ0n) is 19.4. The third kappa shape index (κ3) is 4.89. The summed E-state index contributed by atoms with van der Waals surface area (Å²) in [7, 11) is 0. The van der Waals surface area contributed by atoms with Crippen LogP contribution in [0.2, 0.25) is 0 Å². The van der Waals surface area contributed by atoms with E-state index in [0.717, 1.165) is 37.5 Å². The molecule has 1 aromatic rings. The Bertz CT molecular complexity index is 758. The van der Waals surface area contributed by atoms with Crippen molar-refractivity contribution in [1.29, 1.82) is 0 Å². The van der Waals surface area contributed by atoms with Crippen LogP contribution in [0.15, 0.2) is 30.3 Å². The van der Waals surface area contributed by atoms with Gasteiger partial charge in [-0.05, 0) is 92.9 Å². The number of carbonyl (C=O) groups is 2. The van der Waals surface area contributed by atoms with Crippen LogP contribution in [-0.4, -0.2) is 24.4 Å². The number of carbonyl (C=O) groups excluding carboxylic acids is 2. The van der Waals surface area contributed by atoms with Gasteiger partial charge in [0.25, 0.3) is 0 Å². The predicted octanol–water partition coefficient (Wildman–Crippen LogP) is 4.87. The average molecular weight is 437 g/mol. The summed E-state index contributed by atoms with van der Waals surface area (Å²) >= 11 is 0. The first-order valence-electron chi connectivity index (χ1n) is 13.3. The summed E-state index contributed by atoms with van der Waals surface area (Å²) in [6.45, 7) is 0.671. The SMILES string of the molecule is O=C(NCCCc1ccccc1)C(NC(=O)C1C2CC3CC(C2)CC1C3)C1CCCCC1. The molecule has 5 aliphatic carbocycles. The summed E-state index contributed by atoms with van der Waals surface area (Å²) in [5, 5.41) is 6.49. The van der Waals surface area contributed by atoms with Crippen LogP contribution in [0.4, 0.5) is 0 Å². The molecule has 5 aliphatic rings. The molecule has 6 rings (SSSR count). The molecule has 1 aromatic carbocycles. The van der Waals surface area contributed by atoms with Crippen molar-refractivity contribution in [2.75, 3.05) is 6.54 Å². The van der Waals surface area contributed by atoms with Crippen LogP contribution in [0.5, 0.6) is 0 Å². The molecular weight excluding hydrogens is 396 g/mol. The molecular formula is C28H40N2O2. The van der Waals surface area contributed by atoms with Crippen LogP contribution < -0.4 is 10.6 Å². The molecule has 0 aliphatic heterocycles. The number of nitrogens with one attached hydrogen (secondary N) is 2. The topological polar surface area (TPSA) is 58.2 Å². The summed E-state index contributed by atoms with van der Waals surface area (Å²) in [5.41, 5.74) is 1.31. The standard InChI is InChI=1S/C28H40N2O2/c31-27(25-23-15-20-14-21(17-23)18-24(25)16-20)30-26(22-11-5-2-6-12-22)28(32)29-13-7-10-19-8-3-1-4-9-19/h1,3-4,8-9,20-26H,2,5-7,10-18H2,(H,29,32)(H,30,31). The number of benzene rings is 1. The van der Waals surface area contributed by atoms with E-state index in [2.05, 4.69) is 34.9 Å². The Morgan fingerprint density at radius 1 is 0.875 bits per heavy atom. The van der Waals surface area contributed by atoms with Gasteiger partial charge in [0.15, 0.2) is 0 Å². The quantitative estimate of drug-likeness (QED) is 0.571. The lowest BCUT2D eigenvalue weighted by Gasteiger charge is -2.53. The van der Waals surface area contributed by atoms with Gasteiger partial charge in [0.2, 0.25) is 11.8 Å². The van der Waals surface area contributed by atoms with Crippen molar-refractivity contribution in [3.8, 4) is 0 Å². The normalized spacial score (nSPS) is 32.4. The van der Waals surface area contributed by atoms with Crippen molar-refractivity contribution in [1.82, 2.24) is 10.6 Å². The monoisotopic (exact) mass is 436 g/mol. The van der Waals surface area contributed by atoms with Gasteiger partial charge < -0.3 is 10.6 Å². The van der Waals surface area contributed by atoms with Gasteiger partial charge in [-0.3, -0.25) is 9.59 Å². The van der Waals surface area contributed by atoms with Crippen molar-refractivity contribution < 1.29 is 9.59 Å². The van der Waals surface area contributed by atoms with Crippen molar-refractivity contribution in [2.45, 2.75) is 83.1 Å². The van der Waals surface area contributed by atoms with Crippen molar-refractivity contribution in [3.05, 3.63) is 35.9 Å². The molecule has 0 aromatic heterocycles. The fourth-order valence-electron chi connectivity index (χ4n) is 7.73. The van der Waals surface area contributed by atoms with Gasteiger partial charge in [0.05, 0.1) is 0 Å². The molecule has 4 heteroatoms. The van der Waals surface area contributed by atoms with E-state index in [0.29, 0.717) is 24.3 Å². The van der Waals surface area contributed by atoms with E-state index in [1.807, 2.05) is 6.07 Å². The Morgan fingerprint density at radius 3 is 2.19 bits per heavy atom. The van der Waals surface area contributed by atoms with E-state index in [1.54, 1.807) is 0 Å². The van der Waals surface area contributed by atoms with Gasteiger partial charge in [-0.15, -0.1) is 0 Å². The molecule has 174 valence electrons. The maximum Gasteiger partial charge on any atom is 0.242 e. The predicted molar refractivity (Wildman–Crippen MR) is 127 cm³/mol. The highest BCUT2D eigenvalue weighted by Gasteiger charge is 2.51. The van der Waals surface area contributed by atoms with Gasteiger partial charge in [-0.1, -0.05) is 49.6 Å². The lowest BCUT2D eigenvalue weighted by atomic mass is 9.51. The molecule has 1 atom stereocenters. The van der Waals surface area contributed by atoms with Crippen LogP contribution >= 0.6 is 0 Å². The first-order chi connectivity index (χ1) is 15.7. The van der Waals surface area contributed by atoms with E-state index in [4.69, 9.17) is 0 Å². The van der Waals surface area contributed by atoms with E-state index >= 15 is 0 Å². The third-order valence-corrected chi connectivity index (χ3v) is 9.02. The molecule has 0 radical (unpaired) electrons. The van der Waals surface area contributed by atoms with Crippen molar-refractivity contribution in [3.63, 3.8) is 0 Å². The molecule has 4 nitrogen and oxygen atoms in total. The van der Waals surface area contributed by atoms with Crippen LogP contribution in [-0.2, 0) is 16.0 Å². The fourth-order valence-corrected chi connectivity index (χ4v) is 7.73. The van der Waals surface area contributed by atoms with E-state index in [1.165, 1.54) is 56.9 Å². The minimum atomic E-state index is -0.350. The molecule has 5 saturated carbocycles. The van der Waals surface area contributed by atoms with Gasteiger partial charge in [0.1, 0.15) is 6.04 Å². The summed E-state index contributed by atoms with van der Waals surface area (Å²) in [5.74, 6) is 3.53. The smallest absolute Gasteiger partial charge is 0.242 e. The third-order valence-electron chi connectivity index (χ3n) is 9.02. The molecule has 0 spiro atoms. The number of amides is 2. The maximum atomic E-state index is 13.5. The maximum absolute atomic E-state index is 13.5. The van der Waals surface area contributed by atoms with E-state index < -0.39 is 0 Å². The molecule has 0 heterocycles. The van der Waals surface area contributed by atoms with E-state index in [-0.39, 0.29) is 23.8 Å². The highest BCUT2D eigenvalue weighted by molar-refractivity contribution is 5.89.